The van der Waals surface area contributed by atoms with Gasteiger partial charge < -0.3 is 10.1 Å². The van der Waals surface area contributed by atoms with Crippen molar-refractivity contribution in [3.8, 4) is 0 Å². The number of H-pyrrole nitrogens is 1. The van der Waals surface area contributed by atoms with Gasteiger partial charge in [-0.05, 0) is 6.92 Å². The van der Waals surface area contributed by atoms with Gasteiger partial charge in [0.05, 0.1) is 5.56 Å². The fourth-order valence-electron chi connectivity index (χ4n) is 1.10. The lowest BCUT2D eigenvalue weighted by molar-refractivity contribution is -0.131. The lowest BCUT2D eigenvalue weighted by Crippen LogP contribution is -2.12. The maximum Gasteiger partial charge on any atom is 0.377 e. The number of carbonyl (C=O) groups is 2. The van der Waals surface area contributed by atoms with E-state index >= 15 is 0 Å². The van der Waals surface area contributed by atoms with Crippen molar-refractivity contribution in [2.24, 2.45) is 0 Å². The average molecular weight is 179 g/mol. The smallest absolute Gasteiger partial charge is 0.377 e. The molecule has 0 saturated heterocycles. The molecule has 1 rings (SSSR count). The van der Waals surface area contributed by atoms with Gasteiger partial charge in [-0.2, -0.15) is 0 Å². The van der Waals surface area contributed by atoms with Gasteiger partial charge in [-0.3, -0.25) is 4.79 Å². The summed E-state index contributed by atoms with van der Waals surface area (Å²) < 4.78 is 0. The number of aromatic nitrogens is 1. The van der Waals surface area contributed by atoms with Gasteiger partial charge in [0.25, 0.3) is 5.78 Å². The van der Waals surface area contributed by atoms with E-state index in [1.165, 1.54) is 12.3 Å². The number of carboxylic acids is 1. The fraction of sp³-hybridized carbons (Fsp3) is 0.111. The van der Waals surface area contributed by atoms with E-state index in [0.29, 0.717) is 5.56 Å². The van der Waals surface area contributed by atoms with Gasteiger partial charge >= 0.3 is 5.97 Å². The summed E-state index contributed by atoms with van der Waals surface area (Å²) in [6, 6.07) is 0. The molecule has 2 N–H and O–H groups in total. The number of hydrogen-bond acceptors (Lipinski definition) is 2. The highest BCUT2D eigenvalue weighted by Crippen LogP contribution is 2.15. The highest BCUT2D eigenvalue weighted by atomic mass is 16.4. The first-order valence-corrected chi connectivity index (χ1v) is 3.66. The molecule has 0 bridgehead atoms. The first kappa shape index (κ1) is 9.25. The van der Waals surface area contributed by atoms with Crippen LogP contribution in [0, 0.1) is 6.92 Å². The molecule has 0 spiro atoms. The minimum atomic E-state index is -1.46. The number of Topliss-reactive ketones (excluding diaryl/α,β-unsaturated/α-hetero) is 1. The van der Waals surface area contributed by atoms with Crippen molar-refractivity contribution in [1.29, 1.82) is 0 Å². The van der Waals surface area contributed by atoms with Crippen LogP contribution in [0.3, 0.4) is 0 Å². The number of aromatic amines is 1. The quantitative estimate of drug-likeness (QED) is 0.541. The SMILES string of the molecule is C=Cc1c(C(=O)C(=O)O)c[nH]c1C. The number of carboxylic acid groups (broad SMARTS) is 1. The maximum atomic E-state index is 11.1. The van der Waals surface area contributed by atoms with Crippen LogP contribution in [-0.2, 0) is 4.79 Å². The molecule has 13 heavy (non-hydrogen) atoms. The molecule has 4 heteroatoms. The summed E-state index contributed by atoms with van der Waals surface area (Å²) in [5.41, 5.74) is 1.44. The zero-order valence-electron chi connectivity index (χ0n) is 7.13. The van der Waals surface area contributed by atoms with Crippen LogP contribution in [0.2, 0.25) is 0 Å². The molecule has 0 aromatic carbocycles. The van der Waals surface area contributed by atoms with Crippen molar-refractivity contribution < 1.29 is 14.7 Å². The highest BCUT2D eigenvalue weighted by molar-refractivity contribution is 6.40. The van der Waals surface area contributed by atoms with Gasteiger partial charge in [0.2, 0.25) is 0 Å². The van der Waals surface area contributed by atoms with Crippen LogP contribution in [0.25, 0.3) is 6.08 Å². The minimum Gasteiger partial charge on any atom is -0.475 e. The Morgan fingerprint density at radius 2 is 2.23 bits per heavy atom. The van der Waals surface area contributed by atoms with Crippen molar-refractivity contribution >= 4 is 17.8 Å². The summed E-state index contributed by atoms with van der Waals surface area (Å²) in [5.74, 6) is -2.37. The molecule has 0 fully saturated rings. The van der Waals surface area contributed by atoms with E-state index in [1.807, 2.05) is 0 Å². The van der Waals surface area contributed by atoms with E-state index in [2.05, 4.69) is 11.6 Å². The molecule has 0 unspecified atom stereocenters. The Morgan fingerprint density at radius 1 is 1.62 bits per heavy atom. The van der Waals surface area contributed by atoms with Gasteiger partial charge in [0.15, 0.2) is 0 Å². The molecule has 0 radical (unpaired) electrons. The normalized spacial score (nSPS) is 9.62. The molecule has 1 aromatic rings. The van der Waals surface area contributed by atoms with E-state index < -0.39 is 11.8 Å². The zero-order valence-corrected chi connectivity index (χ0v) is 7.13. The molecule has 0 aliphatic carbocycles. The van der Waals surface area contributed by atoms with Gasteiger partial charge in [-0.1, -0.05) is 12.7 Å². The van der Waals surface area contributed by atoms with Gasteiger partial charge in [-0.15, -0.1) is 0 Å². The zero-order chi connectivity index (χ0) is 10.0. The third-order valence-corrected chi connectivity index (χ3v) is 1.77. The standard InChI is InChI=1S/C9H9NO3/c1-3-6-5(2)10-4-7(6)8(11)9(12)13/h3-4,10H,1H2,2H3,(H,12,13). The average Bonchev–Trinajstić information content (AvgIpc) is 2.45. The van der Waals surface area contributed by atoms with Crippen LogP contribution >= 0.6 is 0 Å². The van der Waals surface area contributed by atoms with E-state index in [4.69, 9.17) is 5.11 Å². The van der Waals surface area contributed by atoms with E-state index in [9.17, 15) is 9.59 Å². The Morgan fingerprint density at radius 3 is 2.69 bits per heavy atom. The van der Waals surface area contributed by atoms with Crippen molar-refractivity contribution in [3.63, 3.8) is 0 Å². The second kappa shape index (κ2) is 3.26. The van der Waals surface area contributed by atoms with Crippen molar-refractivity contribution in [2.75, 3.05) is 0 Å². The second-order valence-electron chi connectivity index (χ2n) is 2.58. The predicted octanol–water partition coefficient (Wildman–Crippen LogP) is 1.23. The summed E-state index contributed by atoms with van der Waals surface area (Å²) in [5, 5.41) is 8.47. The molecule has 0 atom stereocenters. The molecule has 1 aromatic heterocycles. The second-order valence-corrected chi connectivity index (χ2v) is 2.58. The molecule has 0 amide bonds. The van der Waals surface area contributed by atoms with Crippen LogP contribution in [0.1, 0.15) is 21.6 Å². The topological polar surface area (TPSA) is 70.2 Å². The lowest BCUT2D eigenvalue weighted by Gasteiger charge is -1.94. The van der Waals surface area contributed by atoms with E-state index in [1.54, 1.807) is 6.92 Å². The largest absolute Gasteiger partial charge is 0.475 e. The van der Waals surface area contributed by atoms with Crippen LogP contribution in [0.5, 0.6) is 0 Å². The Balaban J connectivity index is 3.22. The summed E-state index contributed by atoms with van der Waals surface area (Å²) in [6.07, 6.45) is 2.84. The van der Waals surface area contributed by atoms with Gasteiger partial charge in [0.1, 0.15) is 0 Å². The molecule has 0 saturated carbocycles. The molecule has 1 heterocycles. The number of ketones is 1. The number of hydrogen-bond donors (Lipinski definition) is 2. The molecular formula is C9H9NO3. The summed E-state index contributed by atoms with van der Waals surface area (Å²) in [4.78, 5) is 24.2. The van der Waals surface area contributed by atoms with Crippen molar-refractivity contribution in [1.82, 2.24) is 4.98 Å². The summed E-state index contributed by atoms with van der Waals surface area (Å²) >= 11 is 0. The van der Waals surface area contributed by atoms with Crippen LogP contribution in [0.15, 0.2) is 12.8 Å². The van der Waals surface area contributed by atoms with Crippen LogP contribution in [-0.4, -0.2) is 21.8 Å². The minimum absolute atomic E-state index is 0.153. The van der Waals surface area contributed by atoms with Gasteiger partial charge in [0, 0.05) is 17.5 Å². The third-order valence-electron chi connectivity index (χ3n) is 1.77. The molecular weight excluding hydrogens is 170 g/mol. The molecule has 0 aliphatic heterocycles. The fourth-order valence-corrected chi connectivity index (χ4v) is 1.10. The number of carbonyl (C=O) groups excluding carboxylic acids is 1. The van der Waals surface area contributed by atoms with Gasteiger partial charge in [-0.25, -0.2) is 4.79 Å². The summed E-state index contributed by atoms with van der Waals surface area (Å²) in [7, 11) is 0. The van der Waals surface area contributed by atoms with Crippen LogP contribution in [0.4, 0.5) is 0 Å². The Bertz CT molecular complexity index is 376. The van der Waals surface area contributed by atoms with E-state index in [0.717, 1.165) is 5.69 Å². The maximum absolute atomic E-state index is 11.1. The predicted molar refractivity (Wildman–Crippen MR) is 47.6 cm³/mol. The highest BCUT2D eigenvalue weighted by Gasteiger charge is 2.19. The number of aryl methyl sites for hydroxylation is 1. The number of aliphatic carboxylic acids is 1. The van der Waals surface area contributed by atoms with E-state index in [-0.39, 0.29) is 5.56 Å². The molecule has 0 aliphatic rings. The Hall–Kier alpha value is -1.84. The van der Waals surface area contributed by atoms with Crippen molar-refractivity contribution in [3.05, 3.63) is 29.6 Å². The third kappa shape index (κ3) is 1.51. The number of nitrogens with one attached hydrogen (secondary N) is 1. The number of rotatable bonds is 3. The van der Waals surface area contributed by atoms with Crippen molar-refractivity contribution in [2.45, 2.75) is 6.92 Å². The monoisotopic (exact) mass is 179 g/mol. The Labute approximate surface area is 74.9 Å². The first-order chi connectivity index (χ1) is 6.07. The lowest BCUT2D eigenvalue weighted by atomic mass is 10.1. The Kier molecular flexibility index (Phi) is 2.32. The molecule has 4 nitrogen and oxygen atoms in total. The van der Waals surface area contributed by atoms with Crippen LogP contribution < -0.4 is 0 Å². The summed E-state index contributed by atoms with van der Waals surface area (Å²) in [6.45, 7) is 5.25. The first-order valence-electron chi connectivity index (χ1n) is 3.66. The molecule has 68 valence electrons.